The van der Waals surface area contributed by atoms with E-state index in [2.05, 4.69) is 25.9 Å². The number of hydrogen-bond acceptors (Lipinski definition) is 5. The van der Waals surface area contributed by atoms with E-state index in [1.807, 2.05) is 26.1 Å². The van der Waals surface area contributed by atoms with E-state index in [1.54, 1.807) is 6.20 Å². The van der Waals surface area contributed by atoms with Gasteiger partial charge in [-0.25, -0.2) is 9.97 Å². The number of anilines is 1. The minimum absolute atomic E-state index is 0.607. The molecule has 0 bridgehead atoms. The molecule has 6 heteroatoms. The van der Waals surface area contributed by atoms with Gasteiger partial charge in [-0.1, -0.05) is 17.7 Å². The van der Waals surface area contributed by atoms with Crippen LogP contribution in [0.3, 0.4) is 0 Å². The highest BCUT2D eigenvalue weighted by molar-refractivity contribution is 6.33. The second-order valence-electron chi connectivity index (χ2n) is 6.09. The van der Waals surface area contributed by atoms with E-state index >= 15 is 0 Å². The molecule has 4 rings (SSSR count). The van der Waals surface area contributed by atoms with Gasteiger partial charge >= 0.3 is 0 Å². The molecule has 0 spiro atoms. The van der Waals surface area contributed by atoms with Crippen molar-refractivity contribution in [3.63, 3.8) is 0 Å². The van der Waals surface area contributed by atoms with Gasteiger partial charge in [-0.3, -0.25) is 4.98 Å². The van der Waals surface area contributed by atoms with E-state index < -0.39 is 0 Å². The van der Waals surface area contributed by atoms with Crippen LogP contribution in [-0.4, -0.2) is 21.5 Å². The zero-order valence-electron chi connectivity index (χ0n) is 13.6. The first-order valence-electron chi connectivity index (χ1n) is 7.87. The average Bonchev–Trinajstić information content (AvgIpc) is 3.03. The zero-order chi connectivity index (χ0) is 16.7. The second-order valence-corrected chi connectivity index (χ2v) is 6.50. The molecule has 0 N–H and O–H groups in total. The van der Waals surface area contributed by atoms with Gasteiger partial charge in [0.15, 0.2) is 6.39 Å². The molecule has 122 valence electrons. The van der Waals surface area contributed by atoms with Crippen molar-refractivity contribution in [2.24, 2.45) is 0 Å². The molecule has 0 aromatic carbocycles. The molecule has 3 aromatic rings. The molecule has 0 unspecified atom stereocenters. The van der Waals surface area contributed by atoms with E-state index in [9.17, 15) is 0 Å². The highest BCUT2D eigenvalue weighted by Gasteiger charge is 2.22. The van der Waals surface area contributed by atoms with Crippen molar-refractivity contribution >= 4 is 17.4 Å². The van der Waals surface area contributed by atoms with E-state index in [0.29, 0.717) is 11.6 Å². The van der Waals surface area contributed by atoms with Crippen molar-refractivity contribution < 1.29 is 4.42 Å². The lowest BCUT2D eigenvalue weighted by Crippen LogP contribution is -2.30. The normalized spacial score (nSPS) is 13.9. The predicted molar refractivity (Wildman–Crippen MR) is 93.2 cm³/mol. The van der Waals surface area contributed by atoms with Crippen molar-refractivity contribution in [1.82, 2.24) is 15.0 Å². The van der Waals surface area contributed by atoms with Gasteiger partial charge in [0.2, 0.25) is 0 Å². The van der Waals surface area contributed by atoms with Gasteiger partial charge in [-0.15, -0.1) is 0 Å². The fourth-order valence-electron chi connectivity index (χ4n) is 3.09. The summed E-state index contributed by atoms with van der Waals surface area (Å²) in [5.41, 5.74) is 5.08. The molecule has 0 amide bonds. The molecule has 24 heavy (non-hydrogen) atoms. The molecule has 0 saturated heterocycles. The Labute approximate surface area is 145 Å². The van der Waals surface area contributed by atoms with Crippen LogP contribution in [0.25, 0.3) is 11.3 Å². The van der Waals surface area contributed by atoms with Crippen LogP contribution < -0.4 is 4.90 Å². The molecule has 1 aliphatic rings. The van der Waals surface area contributed by atoms with E-state index in [4.69, 9.17) is 16.0 Å². The van der Waals surface area contributed by atoms with Gasteiger partial charge in [0.05, 0.1) is 23.0 Å². The highest BCUT2D eigenvalue weighted by Crippen LogP contribution is 2.32. The summed E-state index contributed by atoms with van der Waals surface area (Å²) >= 11 is 6.40. The van der Waals surface area contributed by atoms with Crippen LogP contribution in [0.15, 0.2) is 35.3 Å². The Bertz CT molecular complexity index is 906. The SMILES string of the molecule is Cc1cnc(-c2cc(N3CCc4ncoc4C3)ncc2Cl)c(C)c1. The van der Waals surface area contributed by atoms with Gasteiger partial charge in [0.25, 0.3) is 0 Å². The van der Waals surface area contributed by atoms with Gasteiger partial charge in [-0.2, -0.15) is 0 Å². The molecule has 0 radical (unpaired) electrons. The van der Waals surface area contributed by atoms with Gasteiger partial charge in [0.1, 0.15) is 11.6 Å². The molecule has 0 fully saturated rings. The Morgan fingerprint density at radius 2 is 2.00 bits per heavy atom. The van der Waals surface area contributed by atoms with E-state index in [0.717, 1.165) is 52.6 Å². The standard InChI is InChI=1S/C18H17ClN4O/c1-11-5-12(2)18(21-7-11)13-6-17(20-8-14(13)19)23-4-3-15-16(9-23)24-10-22-15/h5-8,10H,3-4,9H2,1-2H3. The lowest BCUT2D eigenvalue weighted by molar-refractivity contribution is 0.483. The fraction of sp³-hybridized carbons (Fsp3) is 0.278. The minimum atomic E-state index is 0.607. The van der Waals surface area contributed by atoms with Gasteiger partial charge in [0, 0.05) is 30.9 Å². The van der Waals surface area contributed by atoms with Crippen molar-refractivity contribution in [1.29, 1.82) is 0 Å². The molecule has 0 atom stereocenters. The number of fused-ring (bicyclic) bond motifs is 1. The largest absolute Gasteiger partial charge is 0.446 e. The summed E-state index contributed by atoms with van der Waals surface area (Å²) in [5, 5.41) is 0.607. The Morgan fingerprint density at radius 1 is 1.12 bits per heavy atom. The summed E-state index contributed by atoms with van der Waals surface area (Å²) in [6.45, 7) is 5.61. The molecule has 0 aliphatic carbocycles. The molecule has 4 heterocycles. The maximum absolute atomic E-state index is 6.40. The molecule has 1 aliphatic heterocycles. The molecular formula is C18H17ClN4O. The molecular weight excluding hydrogens is 324 g/mol. The lowest BCUT2D eigenvalue weighted by Gasteiger charge is -2.26. The fourth-order valence-corrected chi connectivity index (χ4v) is 3.29. The number of aromatic nitrogens is 3. The number of hydrogen-bond donors (Lipinski definition) is 0. The van der Waals surface area contributed by atoms with E-state index in [1.165, 1.54) is 6.39 Å². The van der Waals surface area contributed by atoms with Crippen molar-refractivity contribution in [3.05, 3.63) is 58.5 Å². The summed E-state index contributed by atoms with van der Waals surface area (Å²) in [4.78, 5) is 15.5. The van der Waals surface area contributed by atoms with Crippen LogP contribution >= 0.6 is 11.6 Å². The quantitative estimate of drug-likeness (QED) is 0.706. The third-order valence-corrected chi connectivity index (χ3v) is 4.61. The Kier molecular flexibility index (Phi) is 3.73. The molecule has 0 saturated carbocycles. The van der Waals surface area contributed by atoms with Gasteiger partial charge < -0.3 is 9.32 Å². The highest BCUT2D eigenvalue weighted by atomic mass is 35.5. The topological polar surface area (TPSA) is 55.1 Å². The Hall–Kier alpha value is -2.40. The third kappa shape index (κ3) is 2.65. The lowest BCUT2D eigenvalue weighted by atomic mass is 10.1. The maximum atomic E-state index is 6.40. The third-order valence-electron chi connectivity index (χ3n) is 4.31. The van der Waals surface area contributed by atoms with Crippen LogP contribution in [0.5, 0.6) is 0 Å². The summed E-state index contributed by atoms with van der Waals surface area (Å²) in [6.07, 6.45) is 5.92. The van der Waals surface area contributed by atoms with Crippen molar-refractivity contribution in [2.45, 2.75) is 26.8 Å². The Morgan fingerprint density at radius 3 is 2.83 bits per heavy atom. The van der Waals surface area contributed by atoms with Gasteiger partial charge in [-0.05, 0) is 31.0 Å². The maximum Gasteiger partial charge on any atom is 0.181 e. The molecule has 5 nitrogen and oxygen atoms in total. The number of nitrogens with zero attached hydrogens (tertiary/aromatic N) is 4. The second kappa shape index (κ2) is 5.91. The minimum Gasteiger partial charge on any atom is -0.446 e. The summed E-state index contributed by atoms with van der Waals surface area (Å²) in [5.74, 6) is 1.78. The van der Waals surface area contributed by atoms with Crippen molar-refractivity contribution in [3.8, 4) is 11.3 Å². The number of halogens is 1. The Balaban J connectivity index is 1.72. The first kappa shape index (κ1) is 15.1. The summed E-state index contributed by atoms with van der Waals surface area (Å²) < 4.78 is 5.46. The first-order valence-corrected chi connectivity index (χ1v) is 8.25. The summed E-state index contributed by atoms with van der Waals surface area (Å²) in [7, 11) is 0. The number of aryl methyl sites for hydroxylation is 2. The zero-order valence-corrected chi connectivity index (χ0v) is 14.3. The van der Waals surface area contributed by atoms with Crippen LogP contribution in [0.4, 0.5) is 5.82 Å². The number of oxazole rings is 1. The monoisotopic (exact) mass is 340 g/mol. The summed E-state index contributed by atoms with van der Waals surface area (Å²) in [6, 6.07) is 4.12. The average molecular weight is 341 g/mol. The van der Waals surface area contributed by atoms with Crippen LogP contribution in [0.2, 0.25) is 5.02 Å². The first-order chi connectivity index (χ1) is 11.6. The van der Waals surface area contributed by atoms with Crippen LogP contribution in [0.1, 0.15) is 22.6 Å². The number of rotatable bonds is 2. The van der Waals surface area contributed by atoms with Crippen LogP contribution in [0, 0.1) is 13.8 Å². The van der Waals surface area contributed by atoms with Crippen LogP contribution in [-0.2, 0) is 13.0 Å². The number of pyridine rings is 2. The smallest absolute Gasteiger partial charge is 0.181 e. The molecule has 3 aromatic heterocycles. The van der Waals surface area contributed by atoms with E-state index in [-0.39, 0.29) is 0 Å². The van der Waals surface area contributed by atoms with Crippen molar-refractivity contribution in [2.75, 3.05) is 11.4 Å². The predicted octanol–water partition coefficient (Wildman–Crippen LogP) is 3.96.